The molecule has 2 heterocycles. The molecule has 2 unspecified atom stereocenters. The first-order valence-corrected chi connectivity index (χ1v) is 7.98. The van der Waals surface area contributed by atoms with Crippen molar-refractivity contribution >= 4 is 11.8 Å². The molecule has 0 aliphatic carbocycles. The van der Waals surface area contributed by atoms with Gasteiger partial charge in [0, 0.05) is 25.3 Å². The van der Waals surface area contributed by atoms with E-state index in [1.54, 1.807) is 0 Å². The van der Waals surface area contributed by atoms with Gasteiger partial charge in [0.05, 0.1) is 5.60 Å². The van der Waals surface area contributed by atoms with Gasteiger partial charge in [0.15, 0.2) is 0 Å². The quantitative estimate of drug-likeness (QED) is 0.808. The highest BCUT2D eigenvalue weighted by Gasteiger charge is 2.38. The zero-order valence-electron chi connectivity index (χ0n) is 10.8. The minimum Gasteiger partial charge on any atom is -0.396 e. The van der Waals surface area contributed by atoms with Gasteiger partial charge in [-0.1, -0.05) is 0 Å². The fourth-order valence-electron chi connectivity index (χ4n) is 2.94. The molecule has 1 spiro atoms. The molecule has 2 saturated heterocycles. The maximum absolute atomic E-state index is 8.94. The van der Waals surface area contributed by atoms with Gasteiger partial charge in [-0.15, -0.1) is 0 Å². The fourth-order valence-corrected chi connectivity index (χ4v) is 4.18. The Bertz CT molecular complexity index is 226. The predicted molar refractivity (Wildman–Crippen MR) is 72.6 cm³/mol. The lowest BCUT2D eigenvalue weighted by Gasteiger charge is -2.44. The highest BCUT2D eigenvalue weighted by molar-refractivity contribution is 7.99. The summed E-state index contributed by atoms with van der Waals surface area (Å²) in [5.74, 6) is 2.50. The smallest absolute Gasteiger partial charge is 0.0713 e. The van der Waals surface area contributed by atoms with Crippen molar-refractivity contribution in [3.05, 3.63) is 0 Å². The average molecular weight is 259 g/mol. The Morgan fingerprint density at radius 3 is 2.94 bits per heavy atom. The van der Waals surface area contributed by atoms with Gasteiger partial charge in [0.2, 0.25) is 0 Å². The third-order valence-electron chi connectivity index (χ3n) is 3.98. The second kappa shape index (κ2) is 6.41. The largest absolute Gasteiger partial charge is 0.396 e. The topological polar surface area (TPSA) is 41.5 Å². The summed E-state index contributed by atoms with van der Waals surface area (Å²) in [7, 11) is 0. The molecule has 0 saturated carbocycles. The summed E-state index contributed by atoms with van der Waals surface area (Å²) in [4.78, 5) is 0. The molecule has 2 atom stereocenters. The van der Waals surface area contributed by atoms with Crippen LogP contribution in [0.1, 0.15) is 39.0 Å². The SMILES string of the molecule is CC(CCO)NC1CCOC2(CCSCC2)C1. The summed E-state index contributed by atoms with van der Waals surface area (Å²) in [6.45, 7) is 3.34. The van der Waals surface area contributed by atoms with Gasteiger partial charge >= 0.3 is 0 Å². The molecule has 0 aromatic rings. The van der Waals surface area contributed by atoms with Crippen LogP contribution in [-0.4, -0.2) is 47.5 Å². The molecule has 0 aromatic carbocycles. The molecule has 2 aliphatic heterocycles. The van der Waals surface area contributed by atoms with Crippen LogP contribution in [0.4, 0.5) is 0 Å². The summed E-state index contributed by atoms with van der Waals surface area (Å²) >= 11 is 2.05. The standard InChI is InChI=1S/C13H25NO2S/c1-11(2-6-15)14-12-3-7-16-13(10-12)4-8-17-9-5-13/h11-12,14-15H,2-10H2,1H3. The number of hydrogen-bond acceptors (Lipinski definition) is 4. The van der Waals surface area contributed by atoms with E-state index in [2.05, 4.69) is 24.0 Å². The maximum atomic E-state index is 8.94. The number of rotatable bonds is 4. The van der Waals surface area contributed by atoms with E-state index < -0.39 is 0 Å². The molecule has 0 radical (unpaired) electrons. The normalized spacial score (nSPS) is 30.4. The van der Waals surface area contributed by atoms with Gasteiger partial charge in [-0.3, -0.25) is 0 Å². The van der Waals surface area contributed by atoms with Crippen molar-refractivity contribution in [2.24, 2.45) is 0 Å². The summed E-state index contributed by atoms with van der Waals surface area (Å²) < 4.78 is 6.08. The first kappa shape index (κ1) is 13.7. The Labute approximate surface area is 109 Å². The van der Waals surface area contributed by atoms with E-state index in [9.17, 15) is 0 Å². The Balaban J connectivity index is 1.83. The highest BCUT2D eigenvalue weighted by Crippen LogP contribution is 2.37. The molecule has 2 fully saturated rings. The van der Waals surface area contributed by atoms with Crippen molar-refractivity contribution in [2.45, 2.75) is 56.7 Å². The lowest BCUT2D eigenvalue weighted by Crippen LogP contribution is -2.50. The first-order chi connectivity index (χ1) is 8.24. The van der Waals surface area contributed by atoms with Crippen molar-refractivity contribution in [3.8, 4) is 0 Å². The summed E-state index contributed by atoms with van der Waals surface area (Å²) in [5.41, 5.74) is 0.167. The fraction of sp³-hybridized carbons (Fsp3) is 1.00. The van der Waals surface area contributed by atoms with Crippen LogP contribution in [-0.2, 0) is 4.74 Å². The molecule has 4 heteroatoms. The van der Waals surface area contributed by atoms with Crippen molar-refractivity contribution in [1.82, 2.24) is 5.32 Å². The zero-order valence-corrected chi connectivity index (χ0v) is 11.6. The van der Waals surface area contributed by atoms with Gasteiger partial charge in [-0.25, -0.2) is 0 Å². The van der Waals surface area contributed by atoms with Gasteiger partial charge in [-0.2, -0.15) is 11.8 Å². The van der Waals surface area contributed by atoms with Crippen molar-refractivity contribution in [1.29, 1.82) is 0 Å². The van der Waals surface area contributed by atoms with E-state index in [4.69, 9.17) is 9.84 Å². The number of nitrogens with one attached hydrogen (secondary N) is 1. The summed E-state index contributed by atoms with van der Waals surface area (Å²) in [5, 5.41) is 12.6. The van der Waals surface area contributed by atoms with E-state index >= 15 is 0 Å². The van der Waals surface area contributed by atoms with Crippen LogP contribution >= 0.6 is 11.8 Å². The van der Waals surface area contributed by atoms with E-state index in [1.165, 1.54) is 24.3 Å². The molecule has 2 rings (SSSR count). The number of aliphatic hydroxyl groups excluding tert-OH is 1. The second-order valence-electron chi connectivity index (χ2n) is 5.41. The molecule has 100 valence electrons. The molecule has 0 aromatic heterocycles. The number of aliphatic hydroxyl groups is 1. The molecule has 2 aliphatic rings. The Morgan fingerprint density at radius 2 is 2.24 bits per heavy atom. The minimum absolute atomic E-state index is 0.167. The maximum Gasteiger partial charge on any atom is 0.0713 e. The molecular formula is C13H25NO2S. The van der Waals surface area contributed by atoms with E-state index in [1.807, 2.05) is 0 Å². The Hall–Kier alpha value is 0.230. The highest BCUT2D eigenvalue weighted by atomic mass is 32.2. The van der Waals surface area contributed by atoms with Crippen molar-refractivity contribution in [3.63, 3.8) is 0 Å². The van der Waals surface area contributed by atoms with Gasteiger partial charge < -0.3 is 15.2 Å². The van der Waals surface area contributed by atoms with Crippen LogP contribution in [0.15, 0.2) is 0 Å². The molecular weight excluding hydrogens is 234 g/mol. The van der Waals surface area contributed by atoms with Crippen LogP contribution in [0.3, 0.4) is 0 Å². The number of ether oxygens (including phenoxy) is 1. The molecule has 3 nitrogen and oxygen atoms in total. The first-order valence-electron chi connectivity index (χ1n) is 6.83. The van der Waals surface area contributed by atoms with E-state index in [-0.39, 0.29) is 12.2 Å². The third kappa shape index (κ3) is 3.85. The van der Waals surface area contributed by atoms with Crippen molar-refractivity contribution in [2.75, 3.05) is 24.7 Å². The minimum atomic E-state index is 0.167. The van der Waals surface area contributed by atoms with Gasteiger partial charge in [-0.05, 0) is 50.5 Å². The van der Waals surface area contributed by atoms with Crippen LogP contribution in [0.2, 0.25) is 0 Å². The number of hydrogen-bond donors (Lipinski definition) is 2. The molecule has 17 heavy (non-hydrogen) atoms. The summed E-state index contributed by atoms with van der Waals surface area (Å²) in [6, 6.07) is 0.992. The third-order valence-corrected chi connectivity index (χ3v) is 4.96. The average Bonchev–Trinajstić information content (AvgIpc) is 2.30. The second-order valence-corrected chi connectivity index (χ2v) is 6.64. The van der Waals surface area contributed by atoms with Crippen LogP contribution < -0.4 is 5.32 Å². The summed E-state index contributed by atoms with van der Waals surface area (Å²) in [6.07, 6.45) is 5.54. The lowest BCUT2D eigenvalue weighted by molar-refractivity contribution is -0.0941. The van der Waals surface area contributed by atoms with Gasteiger partial charge in [0.1, 0.15) is 0 Å². The van der Waals surface area contributed by atoms with Crippen LogP contribution in [0.25, 0.3) is 0 Å². The molecule has 2 N–H and O–H groups in total. The Kier molecular flexibility index (Phi) is 5.15. The Morgan fingerprint density at radius 1 is 1.47 bits per heavy atom. The lowest BCUT2D eigenvalue weighted by atomic mass is 9.85. The van der Waals surface area contributed by atoms with E-state index in [0.717, 1.165) is 25.9 Å². The van der Waals surface area contributed by atoms with Crippen LogP contribution in [0, 0.1) is 0 Å². The van der Waals surface area contributed by atoms with Gasteiger partial charge in [0.25, 0.3) is 0 Å². The number of thioether (sulfide) groups is 1. The van der Waals surface area contributed by atoms with Crippen LogP contribution in [0.5, 0.6) is 0 Å². The zero-order chi connectivity index (χ0) is 12.1. The molecule has 0 bridgehead atoms. The van der Waals surface area contributed by atoms with Crippen molar-refractivity contribution < 1.29 is 9.84 Å². The molecule has 0 amide bonds. The monoisotopic (exact) mass is 259 g/mol. The predicted octanol–water partition coefficient (Wildman–Crippen LogP) is 1.79. The van der Waals surface area contributed by atoms with E-state index in [0.29, 0.717) is 12.1 Å².